The summed E-state index contributed by atoms with van der Waals surface area (Å²) in [5, 5.41) is 5.30. The van der Waals surface area contributed by atoms with Gasteiger partial charge in [-0.25, -0.2) is 4.99 Å². The van der Waals surface area contributed by atoms with Crippen LogP contribution in [0.4, 0.5) is 0 Å². The van der Waals surface area contributed by atoms with Crippen molar-refractivity contribution in [3.8, 4) is 0 Å². The number of nitrogens with zero attached hydrogens (tertiary/aromatic N) is 1. The molecule has 27 heavy (non-hydrogen) atoms. The van der Waals surface area contributed by atoms with Crippen LogP contribution in [0.5, 0.6) is 0 Å². The Balaban J connectivity index is 3.49. The number of hydrogen-bond donors (Lipinski definition) is 1. The summed E-state index contributed by atoms with van der Waals surface area (Å²) < 4.78 is 0. The number of isothiocyanates is 1. The van der Waals surface area contributed by atoms with Crippen molar-refractivity contribution in [2.45, 2.75) is 77.7 Å². The number of allylic oxidation sites excluding steroid dienone is 8. The zero-order valence-corrected chi connectivity index (χ0v) is 17.8. The van der Waals surface area contributed by atoms with E-state index in [1.807, 2.05) is 13.8 Å². The predicted octanol–water partition coefficient (Wildman–Crippen LogP) is 6.35. The molecule has 0 radical (unpaired) electrons. The first-order valence-corrected chi connectivity index (χ1v) is 10.5. The molecule has 0 aliphatic heterocycles. The van der Waals surface area contributed by atoms with Crippen LogP contribution in [0.1, 0.15) is 71.6 Å². The van der Waals surface area contributed by atoms with Gasteiger partial charge in [-0.2, -0.15) is 0 Å². The highest BCUT2D eigenvalue weighted by Crippen LogP contribution is 2.00. The van der Waals surface area contributed by atoms with E-state index < -0.39 is 0 Å². The van der Waals surface area contributed by atoms with Gasteiger partial charge in [0, 0.05) is 19.0 Å². The summed E-state index contributed by atoms with van der Waals surface area (Å²) in [6.45, 7) is 4.77. The summed E-state index contributed by atoms with van der Waals surface area (Å²) in [5.74, 6) is 0.150. The zero-order valence-electron chi connectivity index (χ0n) is 17.0. The van der Waals surface area contributed by atoms with Crippen LogP contribution in [-0.4, -0.2) is 23.7 Å². The maximum absolute atomic E-state index is 11.5. The Labute approximate surface area is 171 Å². The van der Waals surface area contributed by atoms with Crippen molar-refractivity contribution in [1.29, 1.82) is 0 Å². The fourth-order valence-electron chi connectivity index (χ4n) is 2.32. The van der Waals surface area contributed by atoms with Crippen LogP contribution in [0.15, 0.2) is 53.6 Å². The minimum Gasteiger partial charge on any atom is -0.354 e. The number of aliphatic imine (C=N–C) groups is 1. The molecule has 1 N–H and O–H groups in total. The lowest BCUT2D eigenvalue weighted by atomic mass is 10.2. The van der Waals surface area contributed by atoms with Gasteiger partial charge >= 0.3 is 0 Å². The monoisotopic (exact) mass is 388 g/mol. The number of carbonyl (C=O) groups excluding carboxylic acids is 1. The van der Waals surface area contributed by atoms with Gasteiger partial charge in [0.15, 0.2) is 0 Å². The average Bonchev–Trinajstić information content (AvgIpc) is 2.63. The quantitative estimate of drug-likeness (QED) is 0.145. The van der Waals surface area contributed by atoms with Gasteiger partial charge in [-0.3, -0.25) is 4.79 Å². The second-order valence-electron chi connectivity index (χ2n) is 6.68. The van der Waals surface area contributed by atoms with Gasteiger partial charge in [0.05, 0.1) is 5.16 Å². The first kappa shape index (κ1) is 25.2. The minimum absolute atomic E-state index is 0.150. The topological polar surface area (TPSA) is 41.5 Å². The largest absolute Gasteiger partial charge is 0.354 e. The lowest BCUT2D eigenvalue weighted by molar-refractivity contribution is -0.121. The molecular formula is C23H36N2OS. The summed E-state index contributed by atoms with van der Waals surface area (Å²) in [6, 6.07) is 0.232. The van der Waals surface area contributed by atoms with Crippen LogP contribution < -0.4 is 5.32 Å². The molecule has 0 saturated carbocycles. The summed E-state index contributed by atoms with van der Waals surface area (Å²) >= 11 is 4.53. The molecule has 0 bridgehead atoms. The van der Waals surface area contributed by atoms with Gasteiger partial charge in [0.2, 0.25) is 5.91 Å². The van der Waals surface area contributed by atoms with E-state index >= 15 is 0 Å². The third kappa shape index (κ3) is 22.2. The SMILES string of the molecule is CC(C)NC(=O)CCC/C=C\C/C=C\C/C=C\C/C=C\CCCCN=C=S. The number of hydrogen-bond acceptors (Lipinski definition) is 3. The van der Waals surface area contributed by atoms with E-state index in [2.05, 4.69) is 76.3 Å². The van der Waals surface area contributed by atoms with Gasteiger partial charge in [-0.15, -0.1) is 0 Å². The Bertz CT molecular complexity index is 526. The van der Waals surface area contributed by atoms with E-state index in [4.69, 9.17) is 0 Å². The van der Waals surface area contributed by atoms with Crippen LogP contribution in [0.2, 0.25) is 0 Å². The zero-order chi connectivity index (χ0) is 20.0. The molecule has 0 saturated heterocycles. The molecule has 0 atom stereocenters. The van der Waals surface area contributed by atoms with Crippen molar-refractivity contribution < 1.29 is 4.79 Å². The standard InChI is InChI=1S/C23H36N2OS/c1-22(2)25-23(26)19-17-15-13-11-9-7-5-3-4-6-8-10-12-14-16-18-20-24-21-27/h4-7,10-13,22H,3,8-9,14-20H2,1-2H3,(H,25,26)/b6-4-,7-5-,12-10-,13-11-. The van der Waals surface area contributed by atoms with Crippen molar-refractivity contribution in [2.24, 2.45) is 4.99 Å². The molecule has 0 heterocycles. The van der Waals surface area contributed by atoms with Crippen LogP contribution in [0.25, 0.3) is 0 Å². The van der Waals surface area contributed by atoms with E-state index in [1.165, 1.54) is 0 Å². The van der Waals surface area contributed by atoms with Crippen molar-refractivity contribution in [2.75, 3.05) is 6.54 Å². The van der Waals surface area contributed by atoms with Crippen LogP contribution >= 0.6 is 12.2 Å². The van der Waals surface area contributed by atoms with Crippen molar-refractivity contribution in [3.63, 3.8) is 0 Å². The van der Waals surface area contributed by atoms with Gasteiger partial charge in [-0.1, -0.05) is 48.6 Å². The third-order valence-corrected chi connectivity index (χ3v) is 3.79. The molecule has 0 aliphatic carbocycles. The molecule has 0 aromatic heterocycles. The van der Waals surface area contributed by atoms with Gasteiger partial charge in [0.1, 0.15) is 0 Å². The Morgan fingerprint density at radius 3 is 1.93 bits per heavy atom. The maximum Gasteiger partial charge on any atom is 0.220 e. The highest BCUT2D eigenvalue weighted by Gasteiger charge is 2.00. The molecule has 0 aliphatic rings. The number of unbranched alkanes of at least 4 members (excludes halogenated alkanes) is 3. The molecule has 0 fully saturated rings. The Kier molecular flexibility index (Phi) is 19.2. The molecule has 0 rings (SSSR count). The molecular weight excluding hydrogens is 352 g/mol. The van der Waals surface area contributed by atoms with Crippen molar-refractivity contribution in [1.82, 2.24) is 5.32 Å². The molecule has 0 spiro atoms. The Morgan fingerprint density at radius 1 is 0.889 bits per heavy atom. The summed E-state index contributed by atoms with van der Waals surface area (Å²) in [4.78, 5) is 15.4. The van der Waals surface area contributed by atoms with E-state index in [-0.39, 0.29) is 11.9 Å². The average molecular weight is 389 g/mol. The predicted molar refractivity (Wildman–Crippen MR) is 121 cm³/mol. The Hall–Kier alpha value is -1.77. The van der Waals surface area contributed by atoms with Crippen LogP contribution in [0, 0.1) is 0 Å². The molecule has 1 amide bonds. The van der Waals surface area contributed by atoms with Crippen molar-refractivity contribution >= 4 is 23.3 Å². The second kappa shape index (κ2) is 20.5. The highest BCUT2D eigenvalue weighted by atomic mass is 32.1. The normalized spacial score (nSPS) is 12.0. The number of amides is 1. The lowest BCUT2D eigenvalue weighted by Gasteiger charge is -2.06. The van der Waals surface area contributed by atoms with Crippen molar-refractivity contribution in [3.05, 3.63) is 48.6 Å². The molecule has 0 unspecified atom stereocenters. The van der Waals surface area contributed by atoms with Gasteiger partial charge in [0.25, 0.3) is 0 Å². The second-order valence-corrected chi connectivity index (χ2v) is 6.86. The molecule has 0 aromatic carbocycles. The molecule has 150 valence electrons. The van der Waals surface area contributed by atoms with Gasteiger partial charge in [-0.05, 0) is 77.4 Å². The number of rotatable bonds is 16. The number of thiocarbonyl (C=S) groups is 1. The molecule has 3 nitrogen and oxygen atoms in total. The van der Waals surface area contributed by atoms with E-state index in [1.54, 1.807) is 0 Å². The van der Waals surface area contributed by atoms with Crippen LogP contribution in [-0.2, 0) is 4.79 Å². The fraction of sp³-hybridized carbons (Fsp3) is 0.565. The highest BCUT2D eigenvalue weighted by molar-refractivity contribution is 7.78. The summed E-state index contributed by atoms with van der Waals surface area (Å²) in [6.07, 6.45) is 26.3. The summed E-state index contributed by atoms with van der Waals surface area (Å²) in [7, 11) is 0. The fourth-order valence-corrected chi connectivity index (χ4v) is 2.41. The van der Waals surface area contributed by atoms with E-state index in [9.17, 15) is 4.79 Å². The summed E-state index contributed by atoms with van der Waals surface area (Å²) in [5.41, 5.74) is 0. The smallest absolute Gasteiger partial charge is 0.220 e. The van der Waals surface area contributed by atoms with Crippen LogP contribution in [0.3, 0.4) is 0 Å². The maximum atomic E-state index is 11.5. The van der Waals surface area contributed by atoms with E-state index in [0.717, 1.165) is 57.9 Å². The number of nitrogens with one attached hydrogen (secondary N) is 1. The number of carbonyl (C=O) groups is 1. The lowest BCUT2D eigenvalue weighted by Crippen LogP contribution is -2.29. The molecule has 4 heteroatoms. The van der Waals surface area contributed by atoms with E-state index in [0.29, 0.717) is 6.42 Å². The minimum atomic E-state index is 0.150. The first-order chi connectivity index (χ1) is 13.2. The van der Waals surface area contributed by atoms with Gasteiger partial charge < -0.3 is 5.32 Å². The first-order valence-electron chi connectivity index (χ1n) is 10.1. The third-order valence-electron chi connectivity index (χ3n) is 3.66. The Morgan fingerprint density at radius 2 is 1.41 bits per heavy atom. The molecule has 0 aromatic rings.